The normalized spacial score (nSPS) is 10.9. The molecule has 5 aromatic rings. The van der Waals surface area contributed by atoms with Gasteiger partial charge in [0.25, 0.3) is 0 Å². The van der Waals surface area contributed by atoms with E-state index < -0.39 is 0 Å². The Balaban J connectivity index is 1.57. The highest BCUT2D eigenvalue weighted by Gasteiger charge is 2.13. The Bertz CT molecular complexity index is 1350. The van der Waals surface area contributed by atoms with Crippen molar-refractivity contribution in [2.45, 2.75) is 0 Å². The van der Waals surface area contributed by atoms with Gasteiger partial charge >= 0.3 is 0 Å². The number of halogens is 1. The Morgan fingerprint density at radius 3 is 1.87 bits per heavy atom. The number of phenolic OH excluding ortho intramolecular Hbond substituents is 1. The van der Waals surface area contributed by atoms with E-state index in [4.69, 9.17) is 26.3 Å². The lowest BCUT2D eigenvalue weighted by molar-refractivity contribution is 0.464. The van der Waals surface area contributed by atoms with Crippen LogP contribution in [0, 0.1) is 0 Å². The van der Waals surface area contributed by atoms with Crippen molar-refractivity contribution in [1.82, 2.24) is 9.97 Å². The summed E-state index contributed by atoms with van der Waals surface area (Å²) in [6.07, 6.45) is 0. The van der Waals surface area contributed by atoms with Crippen LogP contribution < -0.4 is 4.74 Å². The largest absolute Gasteiger partial charge is 0.508 e. The minimum absolute atomic E-state index is 0.201. The van der Waals surface area contributed by atoms with Crippen molar-refractivity contribution in [3.05, 3.63) is 102 Å². The number of nitrogens with zero attached hydrogens (tertiary/aromatic N) is 2. The van der Waals surface area contributed by atoms with Gasteiger partial charge in [0.2, 0.25) is 0 Å². The van der Waals surface area contributed by atoms with E-state index in [2.05, 4.69) is 0 Å². The number of rotatable bonds is 4. The summed E-state index contributed by atoms with van der Waals surface area (Å²) in [7, 11) is 0. The molecule has 0 unspecified atom stereocenters. The average molecular weight is 425 g/mol. The Morgan fingerprint density at radius 1 is 0.613 bits per heavy atom. The van der Waals surface area contributed by atoms with Crippen LogP contribution in [0.1, 0.15) is 0 Å². The number of ether oxygens (including phenoxy) is 1. The van der Waals surface area contributed by atoms with Gasteiger partial charge in [0, 0.05) is 16.1 Å². The van der Waals surface area contributed by atoms with Crippen molar-refractivity contribution in [3.63, 3.8) is 0 Å². The second kappa shape index (κ2) is 8.09. The number of aromatic nitrogens is 2. The molecular formula is C26H17ClN2O2. The van der Waals surface area contributed by atoms with Gasteiger partial charge in [-0.1, -0.05) is 41.9 Å². The van der Waals surface area contributed by atoms with Crippen molar-refractivity contribution < 1.29 is 9.84 Å². The predicted octanol–water partition coefficient (Wildman–Crippen LogP) is 7.12. The van der Waals surface area contributed by atoms with E-state index in [1.165, 1.54) is 0 Å². The highest BCUT2D eigenvalue weighted by atomic mass is 35.5. The first-order valence-corrected chi connectivity index (χ1v) is 10.1. The van der Waals surface area contributed by atoms with E-state index in [9.17, 15) is 5.11 Å². The fraction of sp³-hybridized carbons (Fsp3) is 0. The molecule has 0 radical (unpaired) electrons. The lowest BCUT2D eigenvalue weighted by Gasteiger charge is -2.12. The molecular weight excluding hydrogens is 408 g/mol. The third-order valence-electron chi connectivity index (χ3n) is 4.87. The van der Waals surface area contributed by atoms with E-state index in [0.717, 1.165) is 33.5 Å². The highest BCUT2D eigenvalue weighted by Crippen LogP contribution is 2.33. The molecule has 1 heterocycles. The summed E-state index contributed by atoms with van der Waals surface area (Å²) in [5.74, 6) is 1.54. The van der Waals surface area contributed by atoms with Crippen LogP contribution >= 0.6 is 11.6 Å². The number of fused-ring (bicyclic) bond motifs is 1. The van der Waals surface area contributed by atoms with E-state index in [0.29, 0.717) is 16.5 Å². The first kappa shape index (κ1) is 19.1. The summed E-state index contributed by atoms with van der Waals surface area (Å²) in [4.78, 5) is 9.78. The maximum Gasteiger partial charge on any atom is 0.127 e. The first-order chi connectivity index (χ1) is 15.2. The van der Waals surface area contributed by atoms with Gasteiger partial charge in [0.05, 0.1) is 22.4 Å². The fourth-order valence-corrected chi connectivity index (χ4v) is 3.52. The molecule has 4 nitrogen and oxygen atoms in total. The summed E-state index contributed by atoms with van der Waals surface area (Å²) in [6, 6.07) is 29.8. The number of phenols is 1. The summed E-state index contributed by atoms with van der Waals surface area (Å²) < 4.78 is 5.86. The van der Waals surface area contributed by atoms with E-state index in [1.54, 1.807) is 24.3 Å². The second-order valence-corrected chi connectivity index (χ2v) is 7.48. The molecule has 5 rings (SSSR count). The van der Waals surface area contributed by atoms with Crippen LogP contribution in [0.2, 0.25) is 5.02 Å². The minimum atomic E-state index is 0.201. The Kier molecular flexibility index (Phi) is 4.98. The Labute approximate surface area is 184 Å². The van der Waals surface area contributed by atoms with Gasteiger partial charge in [0.15, 0.2) is 0 Å². The summed E-state index contributed by atoms with van der Waals surface area (Å²) >= 11 is 6.17. The van der Waals surface area contributed by atoms with Crippen LogP contribution in [0.3, 0.4) is 0 Å². The predicted molar refractivity (Wildman–Crippen MR) is 124 cm³/mol. The molecule has 0 spiro atoms. The van der Waals surface area contributed by atoms with Crippen LogP contribution in [-0.4, -0.2) is 15.1 Å². The van der Waals surface area contributed by atoms with Crippen molar-refractivity contribution >= 4 is 22.6 Å². The van der Waals surface area contributed by atoms with Crippen LogP contribution in [0.25, 0.3) is 33.5 Å². The molecule has 0 amide bonds. The van der Waals surface area contributed by atoms with Gasteiger partial charge in [0.1, 0.15) is 17.2 Å². The van der Waals surface area contributed by atoms with Crippen LogP contribution in [0.5, 0.6) is 17.2 Å². The SMILES string of the molecule is Oc1ccc(Oc2ccc(-c3nc4ccc(Cl)cc4nc3-c3ccccc3)cc2)cc1. The number of hydrogen-bond donors (Lipinski definition) is 1. The zero-order chi connectivity index (χ0) is 21.2. The van der Waals surface area contributed by atoms with Crippen LogP contribution in [0.15, 0.2) is 97.1 Å². The topological polar surface area (TPSA) is 55.2 Å². The van der Waals surface area contributed by atoms with Crippen LogP contribution in [0.4, 0.5) is 0 Å². The van der Waals surface area contributed by atoms with Gasteiger partial charge < -0.3 is 9.84 Å². The van der Waals surface area contributed by atoms with Crippen molar-refractivity contribution in [2.24, 2.45) is 0 Å². The van der Waals surface area contributed by atoms with Crippen molar-refractivity contribution in [1.29, 1.82) is 0 Å². The third kappa shape index (κ3) is 4.06. The van der Waals surface area contributed by atoms with Gasteiger partial charge in [-0.25, -0.2) is 9.97 Å². The highest BCUT2D eigenvalue weighted by molar-refractivity contribution is 6.31. The first-order valence-electron chi connectivity index (χ1n) is 9.76. The number of hydrogen-bond acceptors (Lipinski definition) is 4. The average Bonchev–Trinajstić information content (AvgIpc) is 2.81. The Morgan fingerprint density at radius 2 is 1.19 bits per heavy atom. The Hall–Kier alpha value is -3.89. The van der Waals surface area contributed by atoms with E-state index in [-0.39, 0.29) is 5.75 Å². The maximum atomic E-state index is 9.42. The van der Waals surface area contributed by atoms with Gasteiger partial charge in [-0.15, -0.1) is 0 Å². The van der Waals surface area contributed by atoms with Gasteiger partial charge in [-0.3, -0.25) is 0 Å². The smallest absolute Gasteiger partial charge is 0.127 e. The summed E-state index contributed by atoms with van der Waals surface area (Å²) in [5.41, 5.74) is 5.03. The molecule has 31 heavy (non-hydrogen) atoms. The van der Waals surface area contributed by atoms with Crippen molar-refractivity contribution in [2.75, 3.05) is 0 Å². The minimum Gasteiger partial charge on any atom is -0.508 e. The molecule has 0 aliphatic carbocycles. The number of aromatic hydroxyl groups is 1. The zero-order valence-electron chi connectivity index (χ0n) is 16.4. The zero-order valence-corrected chi connectivity index (χ0v) is 17.1. The molecule has 1 N–H and O–H groups in total. The number of benzene rings is 4. The fourth-order valence-electron chi connectivity index (χ4n) is 3.36. The molecule has 0 bridgehead atoms. The molecule has 0 aliphatic heterocycles. The standard InChI is InChI=1S/C26H17ClN2O2/c27-19-8-15-23-24(16-19)29-25(17-4-2-1-3-5-17)26(28-23)18-6-11-21(12-7-18)31-22-13-9-20(30)10-14-22/h1-16,30H. The molecule has 0 atom stereocenters. The third-order valence-corrected chi connectivity index (χ3v) is 5.11. The van der Waals surface area contributed by atoms with Gasteiger partial charge in [-0.2, -0.15) is 0 Å². The van der Waals surface area contributed by atoms with Gasteiger partial charge in [-0.05, 0) is 66.7 Å². The summed E-state index contributed by atoms with van der Waals surface area (Å²) in [5, 5.41) is 10.0. The van der Waals surface area contributed by atoms with Crippen molar-refractivity contribution in [3.8, 4) is 39.8 Å². The van der Waals surface area contributed by atoms with E-state index in [1.807, 2.05) is 72.8 Å². The molecule has 4 aromatic carbocycles. The second-order valence-electron chi connectivity index (χ2n) is 7.04. The van der Waals surface area contributed by atoms with E-state index >= 15 is 0 Å². The van der Waals surface area contributed by atoms with Crippen LogP contribution in [-0.2, 0) is 0 Å². The molecule has 150 valence electrons. The molecule has 1 aromatic heterocycles. The lowest BCUT2D eigenvalue weighted by atomic mass is 10.0. The molecule has 0 fully saturated rings. The quantitative estimate of drug-likeness (QED) is 0.334. The maximum absolute atomic E-state index is 9.42. The molecule has 0 saturated heterocycles. The lowest BCUT2D eigenvalue weighted by Crippen LogP contribution is -1.95. The summed E-state index contributed by atoms with van der Waals surface area (Å²) in [6.45, 7) is 0. The molecule has 5 heteroatoms. The molecule has 0 saturated carbocycles. The molecule has 0 aliphatic rings. The monoisotopic (exact) mass is 424 g/mol.